The second kappa shape index (κ2) is 11.0. The maximum Gasteiger partial charge on any atom is 0.282 e. The number of halogens is 2. The first kappa shape index (κ1) is 24.7. The highest BCUT2D eigenvalue weighted by atomic mass is 79.9. The number of nitrogens with zero attached hydrogens (tertiary/aromatic N) is 3. The standard InChI is InChI=1S/C29H21BrClN3O3/c1-36-24-16-21(25(30)26(31)27(24)37-18-19-10-4-2-5-11-19)17-32-34-28(20-12-6-3-7-13-20)33-23-15-9-8-14-22(23)29(34)35/h2-17H,18H2,1H3. The molecule has 5 rings (SSSR count). The van der Waals surface area contributed by atoms with Crippen molar-refractivity contribution in [1.29, 1.82) is 0 Å². The molecular weight excluding hydrogens is 554 g/mol. The van der Waals surface area contributed by atoms with Crippen LogP contribution < -0.4 is 15.0 Å². The van der Waals surface area contributed by atoms with Crippen LogP contribution in [0.5, 0.6) is 11.5 Å². The van der Waals surface area contributed by atoms with Crippen LogP contribution >= 0.6 is 27.5 Å². The lowest BCUT2D eigenvalue weighted by Gasteiger charge is -2.15. The molecule has 0 N–H and O–H groups in total. The van der Waals surface area contributed by atoms with Crippen LogP contribution in [0, 0.1) is 0 Å². The van der Waals surface area contributed by atoms with Crippen molar-refractivity contribution in [3.63, 3.8) is 0 Å². The van der Waals surface area contributed by atoms with Crippen molar-refractivity contribution in [2.75, 3.05) is 7.11 Å². The normalized spacial score (nSPS) is 11.2. The fourth-order valence-corrected chi connectivity index (χ4v) is 4.49. The zero-order chi connectivity index (χ0) is 25.8. The number of methoxy groups -OCH3 is 1. The van der Waals surface area contributed by atoms with Crippen LogP contribution in [-0.4, -0.2) is 23.0 Å². The maximum absolute atomic E-state index is 13.4. The zero-order valence-corrected chi connectivity index (χ0v) is 22.1. The minimum Gasteiger partial charge on any atom is -0.493 e. The number of aromatic nitrogens is 2. The Bertz CT molecular complexity index is 1660. The molecular formula is C29H21BrClN3O3. The van der Waals surface area contributed by atoms with E-state index in [0.717, 1.165) is 11.1 Å². The highest BCUT2D eigenvalue weighted by molar-refractivity contribution is 9.10. The van der Waals surface area contributed by atoms with Gasteiger partial charge in [0.25, 0.3) is 5.56 Å². The summed E-state index contributed by atoms with van der Waals surface area (Å²) >= 11 is 10.2. The van der Waals surface area contributed by atoms with Crippen molar-refractivity contribution < 1.29 is 9.47 Å². The summed E-state index contributed by atoms with van der Waals surface area (Å²) in [4.78, 5) is 18.1. The van der Waals surface area contributed by atoms with Gasteiger partial charge in [0.15, 0.2) is 17.3 Å². The molecule has 5 aromatic rings. The Hall–Kier alpha value is -3.94. The molecule has 6 nitrogen and oxygen atoms in total. The van der Waals surface area contributed by atoms with E-state index in [1.807, 2.05) is 72.8 Å². The molecule has 0 saturated carbocycles. The average molecular weight is 575 g/mol. The maximum atomic E-state index is 13.4. The van der Waals surface area contributed by atoms with E-state index in [4.69, 9.17) is 26.1 Å². The van der Waals surface area contributed by atoms with E-state index in [9.17, 15) is 4.79 Å². The van der Waals surface area contributed by atoms with E-state index in [0.29, 0.717) is 49.9 Å². The first-order valence-electron chi connectivity index (χ1n) is 11.4. The van der Waals surface area contributed by atoms with Crippen molar-refractivity contribution in [2.45, 2.75) is 6.61 Å². The van der Waals surface area contributed by atoms with Crippen LogP contribution in [0.25, 0.3) is 22.3 Å². The molecule has 0 aliphatic rings. The van der Waals surface area contributed by atoms with Crippen LogP contribution in [0.4, 0.5) is 0 Å². The third kappa shape index (κ3) is 5.14. The largest absolute Gasteiger partial charge is 0.493 e. The summed E-state index contributed by atoms with van der Waals surface area (Å²) in [6.07, 6.45) is 1.55. The molecule has 184 valence electrons. The van der Waals surface area contributed by atoms with E-state index in [2.05, 4.69) is 21.0 Å². The number of hydrogen-bond acceptors (Lipinski definition) is 5. The third-order valence-electron chi connectivity index (χ3n) is 5.70. The van der Waals surface area contributed by atoms with Crippen LogP contribution in [0.3, 0.4) is 0 Å². The molecule has 1 heterocycles. The number of ether oxygens (including phenoxy) is 2. The van der Waals surface area contributed by atoms with E-state index in [1.54, 1.807) is 31.5 Å². The molecule has 0 atom stereocenters. The molecule has 0 aliphatic carbocycles. The summed E-state index contributed by atoms with van der Waals surface area (Å²) < 4.78 is 13.4. The topological polar surface area (TPSA) is 65.7 Å². The Morgan fingerprint density at radius 3 is 2.41 bits per heavy atom. The highest BCUT2D eigenvalue weighted by Crippen LogP contribution is 2.42. The van der Waals surface area contributed by atoms with Gasteiger partial charge < -0.3 is 9.47 Å². The molecule has 0 spiro atoms. The van der Waals surface area contributed by atoms with Gasteiger partial charge in [0, 0.05) is 15.6 Å². The predicted molar refractivity (Wildman–Crippen MR) is 151 cm³/mol. The zero-order valence-electron chi connectivity index (χ0n) is 19.8. The Balaban J connectivity index is 1.57. The Morgan fingerprint density at radius 2 is 1.68 bits per heavy atom. The number of hydrogen-bond donors (Lipinski definition) is 0. The SMILES string of the molecule is COc1cc(C=Nn2c(-c3ccccc3)nc3ccccc3c2=O)c(Br)c(Cl)c1OCc1ccccc1. The molecule has 37 heavy (non-hydrogen) atoms. The lowest BCUT2D eigenvalue weighted by atomic mass is 10.2. The molecule has 0 amide bonds. The van der Waals surface area contributed by atoms with Crippen molar-refractivity contribution in [3.8, 4) is 22.9 Å². The molecule has 0 fully saturated rings. The molecule has 4 aromatic carbocycles. The van der Waals surface area contributed by atoms with Gasteiger partial charge in [-0.25, -0.2) is 4.98 Å². The van der Waals surface area contributed by atoms with Gasteiger partial charge in [-0.15, -0.1) is 0 Å². The minimum absolute atomic E-state index is 0.280. The molecule has 0 aliphatic heterocycles. The quantitative estimate of drug-likeness (QED) is 0.197. The molecule has 0 unspecified atom stereocenters. The van der Waals surface area contributed by atoms with E-state index in [1.165, 1.54) is 4.68 Å². The smallest absolute Gasteiger partial charge is 0.282 e. The van der Waals surface area contributed by atoms with Gasteiger partial charge >= 0.3 is 0 Å². The average Bonchev–Trinajstić information content (AvgIpc) is 2.95. The van der Waals surface area contributed by atoms with Crippen LogP contribution in [0.1, 0.15) is 11.1 Å². The van der Waals surface area contributed by atoms with E-state index >= 15 is 0 Å². The number of benzene rings is 4. The van der Waals surface area contributed by atoms with Gasteiger partial charge in [-0.3, -0.25) is 4.79 Å². The lowest BCUT2D eigenvalue weighted by molar-refractivity contribution is 0.284. The van der Waals surface area contributed by atoms with Gasteiger partial charge in [-0.05, 0) is 39.7 Å². The van der Waals surface area contributed by atoms with Gasteiger partial charge in [0.1, 0.15) is 11.6 Å². The molecule has 0 radical (unpaired) electrons. The molecule has 0 bridgehead atoms. The van der Waals surface area contributed by atoms with Crippen LogP contribution in [0.15, 0.2) is 105 Å². The first-order valence-corrected chi connectivity index (χ1v) is 12.6. The number of rotatable bonds is 7. The summed E-state index contributed by atoms with van der Waals surface area (Å²) in [7, 11) is 1.54. The van der Waals surface area contributed by atoms with E-state index in [-0.39, 0.29) is 5.56 Å². The predicted octanol–water partition coefficient (Wildman–Crippen LogP) is 6.95. The van der Waals surface area contributed by atoms with Crippen LogP contribution in [0.2, 0.25) is 5.02 Å². The van der Waals surface area contributed by atoms with Crippen molar-refractivity contribution >= 4 is 44.6 Å². The Labute approximate surface area is 226 Å². The molecule has 0 saturated heterocycles. The highest BCUT2D eigenvalue weighted by Gasteiger charge is 2.18. The van der Waals surface area contributed by atoms with Crippen molar-refractivity contribution in [3.05, 3.63) is 122 Å². The monoisotopic (exact) mass is 573 g/mol. The summed E-state index contributed by atoms with van der Waals surface area (Å²) in [5.74, 6) is 1.28. The summed E-state index contributed by atoms with van der Waals surface area (Å²) in [6, 6.07) is 28.2. The number of fused-ring (bicyclic) bond motifs is 1. The fourth-order valence-electron chi connectivity index (χ4n) is 3.84. The van der Waals surface area contributed by atoms with Gasteiger partial charge in [-0.2, -0.15) is 9.78 Å². The second-order valence-electron chi connectivity index (χ2n) is 8.08. The van der Waals surface area contributed by atoms with Gasteiger partial charge in [0.05, 0.1) is 24.2 Å². The van der Waals surface area contributed by atoms with Crippen LogP contribution in [-0.2, 0) is 6.61 Å². The first-order chi connectivity index (χ1) is 18.1. The lowest BCUT2D eigenvalue weighted by Crippen LogP contribution is -2.20. The summed E-state index contributed by atoms with van der Waals surface area (Å²) in [5.41, 5.74) is 2.69. The van der Waals surface area contributed by atoms with Gasteiger partial charge in [-0.1, -0.05) is 84.4 Å². The Morgan fingerprint density at radius 1 is 1.00 bits per heavy atom. The second-order valence-corrected chi connectivity index (χ2v) is 9.25. The molecule has 8 heteroatoms. The minimum atomic E-state index is -0.280. The van der Waals surface area contributed by atoms with Crippen molar-refractivity contribution in [2.24, 2.45) is 5.10 Å². The summed E-state index contributed by atoms with van der Waals surface area (Å²) in [5, 5.41) is 5.34. The van der Waals surface area contributed by atoms with E-state index < -0.39 is 0 Å². The Kier molecular flexibility index (Phi) is 7.35. The molecule has 1 aromatic heterocycles. The summed E-state index contributed by atoms with van der Waals surface area (Å²) in [6.45, 7) is 0.329. The third-order valence-corrected chi connectivity index (χ3v) is 7.14. The fraction of sp³-hybridized carbons (Fsp3) is 0.0690. The van der Waals surface area contributed by atoms with Gasteiger partial charge in [0.2, 0.25) is 0 Å². The van der Waals surface area contributed by atoms with Crippen molar-refractivity contribution in [1.82, 2.24) is 9.66 Å². The number of para-hydroxylation sites is 1.